The molecule has 1 aromatic carbocycles. The van der Waals surface area contributed by atoms with Gasteiger partial charge in [0.1, 0.15) is 6.04 Å². The standard InChI is InChI=1S/C15H21N3O2/c1-10(2)7-14-17-18-15(20-14)11(3)16-13-6-4-5-12(8-13)9-19/h4-6,8,10-11,16,19H,7,9H2,1-3H3. The molecule has 0 aliphatic heterocycles. The van der Waals surface area contributed by atoms with E-state index in [4.69, 9.17) is 9.52 Å². The highest BCUT2D eigenvalue weighted by atomic mass is 16.4. The van der Waals surface area contributed by atoms with Crippen molar-refractivity contribution in [1.29, 1.82) is 0 Å². The second-order valence-electron chi connectivity index (χ2n) is 5.36. The molecule has 0 fully saturated rings. The fourth-order valence-corrected chi connectivity index (χ4v) is 1.94. The van der Waals surface area contributed by atoms with Gasteiger partial charge in [-0.3, -0.25) is 0 Å². The normalized spacial score (nSPS) is 12.7. The maximum absolute atomic E-state index is 9.13. The molecule has 0 spiro atoms. The number of hydrogen-bond donors (Lipinski definition) is 2. The molecule has 0 aliphatic carbocycles. The Bertz CT molecular complexity index is 552. The van der Waals surface area contributed by atoms with Crippen molar-refractivity contribution in [2.45, 2.75) is 39.8 Å². The van der Waals surface area contributed by atoms with Crippen molar-refractivity contribution < 1.29 is 9.52 Å². The Morgan fingerprint density at radius 1 is 1.25 bits per heavy atom. The number of aliphatic hydroxyl groups is 1. The number of nitrogens with one attached hydrogen (secondary N) is 1. The van der Waals surface area contributed by atoms with E-state index in [0.29, 0.717) is 17.7 Å². The maximum Gasteiger partial charge on any atom is 0.238 e. The second-order valence-corrected chi connectivity index (χ2v) is 5.36. The van der Waals surface area contributed by atoms with Gasteiger partial charge in [0, 0.05) is 12.1 Å². The number of aromatic nitrogens is 2. The van der Waals surface area contributed by atoms with Gasteiger partial charge in [-0.2, -0.15) is 0 Å². The van der Waals surface area contributed by atoms with E-state index in [1.807, 2.05) is 31.2 Å². The lowest BCUT2D eigenvalue weighted by molar-refractivity contribution is 0.282. The molecule has 2 rings (SSSR count). The number of anilines is 1. The highest BCUT2D eigenvalue weighted by Gasteiger charge is 2.14. The van der Waals surface area contributed by atoms with Crippen LogP contribution in [0.25, 0.3) is 0 Å². The fourth-order valence-electron chi connectivity index (χ4n) is 1.94. The lowest BCUT2D eigenvalue weighted by Crippen LogP contribution is -2.07. The van der Waals surface area contributed by atoms with Crippen LogP contribution in [0, 0.1) is 5.92 Å². The molecule has 0 saturated heterocycles. The summed E-state index contributed by atoms with van der Waals surface area (Å²) in [6.07, 6.45) is 0.791. The Hall–Kier alpha value is -1.88. The van der Waals surface area contributed by atoms with Crippen LogP contribution in [0.1, 0.15) is 44.2 Å². The van der Waals surface area contributed by atoms with Crippen LogP contribution in [0.4, 0.5) is 5.69 Å². The summed E-state index contributed by atoms with van der Waals surface area (Å²) < 4.78 is 5.65. The second kappa shape index (κ2) is 6.52. The minimum absolute atomic E-state index is 0.0307. The largest absolute Gasteiger partial charge is 0.423 e. The molecule has 2 N–H and O–H groups in total. The zero-order valence-corrected chi connectivity index (χ0v) is 12.1. The zero-order chi connectivity index (χ0) is 14.5. The average molecular weight is 275 g/mol. The van der Waals surface area contributed by atoms with E-state index in [1.54, 1.807) is 0 Å². The summed E-state index contributed by atoms with van der Waals surface area (Å²) >= 11 is 0. The van der Waals surface area contributed by atoms with Gasteiger partial charge in [-0.25, -0.2) is 0 Å². The van der Waals surface area contributed by atoms with Crippen molar-refractivity contribution in [3.63, 3.8) is 0 Å². The molecule has 5 heteroatoms. The number of benzene rings is 1. The smallest absolute Gasteiger partial charge is 0.238 e. The van der Waals surface area contributed by atoms with Gasteiger partial charge in [0.15, 0.2) is 0 Å². The minimum Gasteiger partial charge on any atom is -0.423 e. The molecule has 108 valence electrons. The van der Waals surface area contributed by atoms with Crippen LogP contribution in [0.15, 0.2) is 28.7 Å². The molecule has 1 heterocycles. The highest BCUT2D eigenvalue weighted by molar-refractivity contribution is 5.46. The quantitative estimate of drug-likeness (QED) is 0.848. The number of nitrogens with zero attached hydrogens (tertiary/aromatic N) is 2. The Balaban J connectivity index is 2.03. The zero-order valence-electron chi connectivity index (χ0n) is 12.1. The summed E-state index contributed by atoms with van der Waals surface area (Å²) in [4.78, 5) is 0. The number of aliphatic hydroxyl groups excluding tert-OH is 1. The Kier molecular flexibility index (Phi) is 4.74. The van der Waals surface area contributed by atoms with Crippen LogP contribution in [-0.2, 0) is 13.0 Å². The molecule has 0 bridgehead atoms. The molecule has 5 nitrogen and oxygen atoms in total. The van der Waals surface area contributed by atoms with Crippen molar-refractivity contribution in [2.24, 2.45) is 5.92 Å². The van der Waals surface area contributed by atoms with Gasteiger partial charge in [-0.1, -0.05) is 26.0 Å². The van der Waals surface area contributed by atoms with E-state index in [2.05, 4.69) is 29.4 Å². The lowest BCUT2D eigenvalue weighted by Gasteiger charge is -2.12. The molecule has 1 atom stereocenters. The summed E-state index contributed by atoms with van der Waals surface area (Å²) in [5, 5.41) is 20.6. The van der Waals surface area contributed by atoms with E-state index in [0.717, 1.165) is 17.7 Å². The van der Waals surface area contributed by atoms with Gasteiger partial charge in [-0.15, -0.1) is 10.2 Å². The van der Waals surface area contributed by atoms with Crippen molar-refractivity contribution >= 4 is 5.69 Å². The lowest BCUT2D eigenvalue weighted by atomic mass is 10.1. The van der Waals surface area contributed by atoms with Crippen LogP contribution in [0.3, 0.4) is 0 Å². The molecule has 0 radical (unpaired) electrons. The van der Waals surface area contributed by atoms with Crippen LogP contribution < -0.4 is 5.32 Å². The van der Waals surface area contributed by atoms with Crippen LogP contribution >= 0.6 is 0 Å². The third-order valence-corrected chi connectivity index (χ3v) is 2.93. The molecular weight excluding hydrogens is 254 g/mol. The first-order valence-corrected chi connectivity index (χ1v) is 6.87. The predicted octanol–water partition coefficient (Wildman–Crippen LogP) is 2.93. The molecule has 0 amide bonds. The van der Waals surface area contributed by atoms with Gasteiger partial charge < -0.3 is 14.8 Å². The predicted molar refractivity (Wildman–Crippen MR) is 77.2 cm³/mol. The Morgan fingerprint density at radius 2 is 2.05 bits per heavy atom. The summed E-state index contributed by atoms with van der Waals surface area (Å²) in [6, 6.07) is 7.56. The first-order chi connectivity index (χ1) is 9.58. The summed E-state index contributed by atoms with van der Waals surface area (Å²) in [6.45, 7) is 6.24. The highest BCUT2D eigenvalue weighted by Crippen LogP contribution is 2.20. The molecule has 20 heavy (non-hydrogen) atoms. The summed E-state index contributed by atoms with van der Waals surface area (Å²) in [5.41, 5.74) is 1.79. The Morgan fingerprint density at radius 3 is 2.75 bits per heavy atom. The number of hydrogen-bond acceptors (Lipinski definition) is 5. The molecule has 1 aromatic heterocycles. The third kappa shape index (κ3) is 3.81. The van der Waals surface area contributed by atoms with Crippen molar-refractivity contribution in [1.82, 2.24) is 10.2 Å². The monoisotopic (exact) mass is 275 g/mol. The van der Waals surface area contributed by atoms with Gasteiger partial charge >= 0.3 is 0 Å². The summed E-state index contributed by atoms with van der Waals surface area (Å²) in [7, 11) is 0. The van der Waals surface area contributed by atoms with Crippen molar-refractivity contribution in [2.75, 3.05) is 5.32 Å². The topological polar surface area (TPSA) is 71.2 Å². The first-order valence-electron chi connectivity index (χ1n) is 6.87. The molecule has 2 aromatic rings. The molecule has 0 aliphatic rings. The van der Waals surface area contributed by atoms with Gasteiger partial charge in [0.05, 0.1) is 6.61 Å². The van der Waals surface area contributed by atoms with Crippen molar-refractivity contribution in [3.8, 4) is 0 Å². The average Bonchev–Trinajstić information content (AvgIpc) is 2.86. The van der Waals surface area contributed by atoms with E-state index in [1.165, 1.54) is 0 Å². The van der Waals surface area contributed by atoms with Crippen LogP contribution in [0.2, 0.25) is 0 Å². The van der Waals surface area contributed by atoms with Crippen molar-refractivity contribution in [3.05, 3.63) is 41.6 Å². The Labute approximate surface area is 119 Å². The van der Waals surface area contributed by atoms with Gasteiger partial charge in [0.25, 0.3) is 0 Å². The molecule has 0 saturated carbocycles. The molecular formula is C15H21N3O2. The van der Waals surface area contributed by atoms with E-state index >= 15 is 0 Å². The number of rotatable bonds is 6. The first kappa shape index (κ1) is 14.5. The van der Waals surface area contributed by atoms with Crippen LogP contribution in [-0.4, -0.2) is 15.3 Å². The van der Waals surface area contributed by atoms with E-state index in [9.17, 15) is 0 Å². The third-order valence-electron chi connectivity index (χ3n) is 2.93. The van der Waals surface area contributed by atoms with E-state index < -0.39 is 0 Å². The fraction of sp³-hybridized carbons (Fsp3) is 0.467. The SMILES string of the molecule is CC(C)Cc1nnc(C(C)Nc2cccc(CO)c2)o1. The minimum atomic E-state index is -0.0719. The van der Waals surface area contributed by atoms with Gasteiger partial charge in [0.2, 0.25) is 11.8 Å². The van der Waals surface area contributed by atoms with E-state index in [-0.39, 0.29) is 12.6 Å². The molecule has 1 unspecified atom stereocenters. The maximum atomic E-state index is 9.13. The van der Waals surface area contributed by atoms with Gasteiger partial charge in [-0.05, 0) is 30.5 Å². The van der Waals surface area contributed by atoms with Crippen LogP contribution in [0.5, 0.6) is 0 Å². The summed E-state index contributed by atoms with van der Waals surface area (Å²) in [5.74, 6) is 1.75.